The number of aliphatic carboxylic acids is 2. The highest BCUT2D eigenvalue weighted by molar-refractivity contribution is 5.74. The molecule has 0 aliphatic carbocycles. The standard InChI is InChI=1S/C11H14O.2C2H4O2/c1-11(2,3)10-6-4-9(8-12)5-7-10;2*1-2(3)4/h4-8H,1-3H3;2*1H3,(H,3,4). The summed E-state index contributed by atoms with van der Waals surface area (Å²) in [5.74, 6) is -1.67. The highest BCUT2D eigenvalue weighted by atomic mass is 16.4. The van der Waals surface area contributed by atoms with Gasteiger partial charge in [0.2, 0.25) is 0 Å². The molecular formula is C15H22O5. The first-order valence-electron chi connectivity index (χ1n) is 5.95. The molecule has 0 saturated heterocycles. The molecule has 0 aromatic heterocycles. The Morgan fingerprint density at radius 3 is 1.45 bits per heavy atom. The molecular weight excluding hydrogens is 260 g/mol. The predicted octanol–water partition coefficient (Wildman–Crippen LogP) is 2.98. The number of rotatable bonds is 1. The molecule has 1 rings (SSSR count). The van der Waals surface area contributed by atoms with E-state index in [1.165, 1.54) is 5.56 Å². The molecule has 2 N–H and O–H groups in total. The van der Waals surface area contributed by atoms with Crippen molar-refractivity contribution in [2.75, 3.05) is 0 Å². The van der Waals surface area contributed by atoms with E-state index in [0.29, 0.717) is 0 Å². The quantitative estimate of drug-likeness (QED) is 0.772. The van der Waals surface area contributed by atoms with Crippen LogP contribution in [0, 0.1) is 0 Å². The van der Waals surface area contributed by atoms with E-state index in [9.17, 15) is 4.79 Å². The van der Waals surface area contributed by atoms with Crippen molar-refractivity contribution in [3.8, 4) is 0 Å². The zero-order valence-corrected chi connectivity index (χ0v) is 12.5. The van der Waals surface area contributed by atoms with Crippen molar-refractivity contribution >= 4 is 18.2 Å². The summed E-state index contributed by atoms with van der Waals surface area (Å²) in [7, 11) is 0. The molecule has 112 valence electrons. The molecule has 5 nitrogen and oxygen atoms in total. The number of aldehydes is 1. The van der Waals surface area contributed by atoms with Gasteiger partial charge in [-0.25, -0.2) is 0 Å². The first kappa shape index (κ1) is 20.2. The molecule has 0 radical (unpaired) electrons. The molecule has 1 aromatic rings. The molecule has 0 atom stereocenters. The topological polar surface area (TPSA) is 91.7 Å². The van der Waals surface area contributed by atoms with Crippen molar-refractivity contribution in [1.29, 1.82) is 0 Å². The Bertz CT molecular complexity index is 407. The summed E-state index contributed by atoms with van der Waals surface area (Å²) in [6.45, 7) is 8.63. The van der Waals surface area contributed by atoms with Crippen LogP contribution in [0.3, 0.4) is 0 Å². The summed E-state index contributed by atoms with van der Waals surface area (Å²) >= 11 is 0. The van der Waals surface area contributed by atoms with Crippen molar-refractivity contribution < 1.29 is 24.6 Å². The number of carbonyl (C=O) groups excluding carboxylic acids is 1. The molecule has 0 aliphatic rings. The zero-order valence-electron chi connectivity index (χ0n) is 12.5. The highest BCUT2D eigenvalue weighted by Crippen LogP contribution is 2.21. The van der Waals surface area contributed by atoms with Gasteiger partial charge in [-0.2, -0.15) is 0 Å². The van der Waals surface area contributed by atoms with E-state index in [-0.39, 0.29) is 5.41 Å². The molecule has 5 heteroatoms. The van der Waals surface area contributed by atoms with Gasteiger partial charge in [-0.3, -0.25) is 14.4 Å². The van der Waals surface area contributed by atoms with Gasteiger partial charge in [-0.15, -0.1) is 0 Å². The van der Waals surface area contributed by atoms with Gasteiger partial charge >= 0.3 is 0 Å². The van der Waals surface area contributed by atoms with Gasteiger partial charge in [0.05, 0.1) is 0 Å². The lowest BCUT2D eigenvalue weighted by molar-refractivity contribution is -0.135. The molecule has 0 spiro atoms. The first-order chi connectivity index (χ1) is 9.00. The number of hydrogen-bond acceptors (Lipinski definition) is 3. The minimum atomic E-state index is -0.833. The Morgan fingerprint density at radius 1 is 0.950 bits per heavy atom. The van der Waals surface area contributed by atoms with Crippen LogP contribution in [0.25, 0.3) is 0 Å². The van der Waals surface area contributed by atoms with Gasteiger partial charge in [0.1, 0.15) is 6.29 Å². The van der Waals surface area contributed by atoms with E-state index < -0.39 is 11.9 Å². The monoisotopic (exact) mass is 282 g/mol. The van der Waals surface area contributed by atoms with Crippen LogP contribution in [0.1, 0.15) is 50.5 Å². The van der Waals surface area contributed by atoms with Gasteiger partial charge in [-0.05, 0) is 11.0 Å². The maximum Gasteiger partial charge on any atom is 0.300 e. The minimum Gasteiger partial charge on any atom is -0.481 e. The maximum atomic E-state index is 10.4. The third-order valence-electron chi connectivity index (χ3n) is 1.91. The third kappa shape index (κ3) is 13.9. The predicted molar refractivity (Wildman–Crippen MR) is 77.1 cm³/mol. The summed E-state index contributed by atoms with van der Waals surface area (Å²) in [6, 6.07) is 7.72. The molecule has 20 heavy (non-hydrogen) atoms. The summed E-state index contributed by atoms with van der Waals surface area (Å²) < 4.78 is 0. The van der Waals surface area contributed by atoms with Gasteiger partial charge in [-0.1, -0.05) is 45.0 Å². The number of carboxylic acid groups (broad SMARTS) is 2. The summed E-state index contributed by atoms with van der Waals surface area (Å²) in [5.41, 5.74) is 2.16. The fraction of sp³-hybridized carbons (Fsp3) is 0.400. The lowest BCUT2D eigenvalue weighted by Gasteiger charge is -2.18. The average molecular weight is 282 g/mol. The molecule has 0 saturated carbocycles. The third-order valence-corrected chi connectivity index (χ3v) is 1.91. The molecule has 0 bridgehead atoms. The van der Waals surface area contributed by atoms with Crippen molar-refractivity contribution in [3.05, 3.63) is 35.4 Å². The Kier molecular flexibility index (Phi) is 9.79. The Balaban J connectivity index is 0. The lowest BCUT2D eigenvalue weighted by atomic mass is 9.87. The Hall–Kier alpha value is -2.17. The lowest BCUT2D eigenvalue weighted by Crippen LogP contribution is -2.10. The van der Waals surface area contributed by atoms with Crippen LogP contribution in [0.5, 0.6) is 0 Å². The molecule has 0 heterocycles. The van der Waals surface area contributed by atoms with E-state index in [1.807, 2.05) is 24.3 Å². The first-order valence-corrected chi connectivity index (χ1v) is 5.95. The maximum absolute atomic E-state index is 10.4. The number of hydrogen-bond donors (Lipinski definition) is 2. The fourth-order valence-corrected chi connectivity index (χ4v) is 1.06. The molecule has 0 aliphatic heterocycles. The molecule has 0 fully saturated rings. The van der Waals surface area contributed by atoms with E-state index in [4.69, 9.17) is 19.8 Å². The summed E-state index contributed by atoms with van der Waals surface area (Å²) in [4.78, 5) is 28.4. The number of carbonyl (C=O) groups is 3. The van der Waals surface area contributed by atoms with Gasteiger partial charge in [0.15, 0.2) is 0 Å². The van der Waals surface area contributed by atoms with Gasteiger partial charge in [0.25, 0.3) is 11.9 Å². The van der Waals surface area contributed by atoms with Crippen LogP contribution in [-0.2, 0) is 15.0 Å². The molecule has 0 unspecified atom stereocenters. The van der Waals surface area contributed by atoms with Gasteiger partial charge < -0.3 is 10.2 Å². The smallest absolute Gasteiger partial charge is 0.300 e. The van der Waals surface area contributed by atoms with Crippen molar-refractivity contribution in [1.82, 2.24) is 0 Å². The van der Waals surface area contributed by atoms with Crippen LogP contribution in [0.15, 0.2) is 24.3 Å². The summed E-state index contributed by atoms with van der Waals surface area (Å²) in [6.07, 6.45) is 0.867. The van der Waals surface area contributed by atoms with Crippen LogP contribution in [0.4, 0.5) is 0 Å². The van der Waals surface area contributed by atoms with E-state index in [0.717, 1.165) is 25.7 Å². The van der Waals surface area contributed by atoms with Crippen molar-refractivity contribution in [3.63, 3.8) is 0 Å². The minimum absolute atomic E-state index is 0.168. The highest BCUT2D eigenvalue weighted by Gasteiger charge is 2.12. The van der Waals surface area contributed by atoms with Crippen molar-refractivity contribution in [2.24, 2.45) is 0 Å². The van der Waals surface area contributed by atoms with Crippen LogP contribution in [0.2, 0.25) is 0 Å². The second-order valence-electron chi connectivity index (χ2n) is 5.03. The summed E-state index contributed by atoms with van der Waals surface area (Å²) in [5, 5.41) is 14.8. The van der Waals surface area contributed by atoms with Gasteiger partial charge in [0, 0.05) is 19.4 Å². The Morgan fingerprint density at radius 2 is 1.25 bits per heavy atom. The zero-order chi connectivity index (χ0) is 16.3. The largest absolute Gasteiger partial charge is 0.481 e. The number of benzene rings is 1. The average Bonchev–Trinajstić information content (AvgIpc) is 2.26. The molecule has 1 aromatic carbocycles. The van der Waals surface area contributed by atoms with E-state index >= 15 is 0 Å². The molecule has 0 amide bonds. The van der Waals surface area contributed by atoms with Crippen molar-refractivity contribution in [2.45, 2.75) is 40.0 Å². The normalized spacial score (nSPS) is 9.25. The van der Waals surface area contributed by atoms with Crippen LogP contribution in [-0.4, -0.2) is 28.4 Å². The van der Waals surface area contributed by atoms with Crippen LogP contribution >= 0.6 is 0 Å². The second kappa shape index (κ2) is 9.72. The SMILES string of the molecule is CC(=O)O.CC(=O)O.CC(C)(C)c1ccc(C=O)cc1. The number of carboxylic acids is 2. The van der Waals surface area contributed by atoms with Crippen LogP contribution < -0.4 is 0 Å². The second-order valence-corrected chi connectivity index (χ2v) is 5.03. The fourth-order valence-electron chi connectivity index (χ4n) is 1.06. The Labute approximate surface area is 119 Å². The van der Waals surface area contributed by atoms with E-state index in [1.54, 1.807) is 0 Å². The van der Waals surface area contributed by atoms with E-state index in [2.05, 4.69) is 20.8 Å².